The lowest BCUT2D eigenvalue weighted by Crippen LogP contribution is -2.54. The van der Waals surface area contributed by atoms with Gasteiger partial charge in [0.2, 0.25) is 17.7 Å². The number of aliphatic imine (C=N–C) groups is 1. The van der Waals surface area contributed by atoms with Crippen LogP contribution in [0.25, 0.3) is 0 Å². The number of guanidine groups is 1. The highest BCUT2D eigenvalue weighted by molar-refractivity contribution is 7.80. The van der Waals surface area contributed by atoms with Gasteiger partial charge in [-0.1, -0.05) is 20.3 Å². The summed E-state index contributed by atoms with van der Waals surface area (Å²) >= 11 is 4.02. The summed E-state index contributed by atoms with van der Waals surface area (Å²) in [6.07, 6.45) is 1.13. The number of carboxylic acid groups (broad SMARTS) is 1. The van der Waals surface area contributed by atoms with E-state index in [1.54, 1.807) is 0 Å². The molecule has 13 heteroatoms. The van der Waals surface area contributed by atoms with E-state index >= 15 is 0 Å². The normalized spacial score (nSPS) is 14.5. The number of rotatable bonds is 14. The summed E-state index contributed by atoms with van der Waals surface area (Å²) in [6.45, 7) is 3.56. The third-order valence-corrected chi connectivity index (χ3v) is 4.74. The summed E-state index contributed by atoms with van der Waals surface area (Å²) in [5.41, 5.74) is 16.2. The molecule has 3 amide bonds. The van der Waals surface area contributed by atoms with Crippen molar-refractivity contribution in [2.24, 2.45) is 28.1 Å². The van der Waals surface area contributed by atoms with Gasteiger partial charge in [0.1, 0.15) is 12.1 Å². The Kier molecular flexibility index (Phi) is 13.2. The number of carbonyl (C=O) groups excluding carboxylic acids is 3. The molecular weight excluding hydrogens is 414 g/mol. The smallest absolute Gasteiger partial charge is 0.326 e. The first kappa shape index (κ1) is 27.5. The zero-order valence-corrected chi connectivity index (χ0v) is 18.2. The minimum absolute atomic E-state index is 0.0519. The van der Waals surface area contributed by atoms with E-state index in [0.29, 0.717) is 12.8 Å². The first-order valence-electron chi connectivity index (χ1n) is 9.55. The molecule has 0 aliphatic carbocycles. The lowest BCUT2D eigenvalue weighted by molar-refractivity contribution is -0.142. The summed E-state index contributed by atoms with van der Waals surface area (Å²) in [5.74, 6) is -3.28. The van der Waals surface area contributed by atoms with Crippen molar-refractivity contribution in [1.29, 1.82) is 0 Å². The van der Waals surface area contributed by atoms with Gasteiger partial charge in [0.25, 0.3) is 0 Å². The number of aliphatic carboxylic acids is 1. The molecule has 0 saturated heterocycles. The van der Waals surface area contributed by atoms with E-state index in [1.807, 2.05) is 13.8 Å². The van der Waals surface area contributed by atoms with Crippen LogP contribution in [0.15, 0.2) is 4.99 Å². The predicted molar refractivity (Wildman–Crippen MR) is 116 cm³/mol. The molecule has 12 nitrogen and oxygen atoms in total. The zero-order valence-electron chi connectivity index (χ0n) is 17.3. The summed E-state index contributed by atoms with van der Waals surface area (Å²) in [7, 11) is 0. The molecule has 0 spiro atoms. The highest BCUT2D eigenvalue weighted by atomic mass is 32.1. The van der Waals surface area contributed by atoms with Crippen molar-refractivity contribution >= 4 is 42.3 Å². The molecule has 30 heavy (non-hydrogen) atoms. The van der Waals surface area contributed by atoms with Gasteiger partial charge in [-0.15, -0.1) is 0 Å². The Balaban J connectivity index is 4.65. The van der Waals surface area contributed by atoms with Gasteiger partial charge in [0.05, 0.1) is 12.6 Å². The molecule has 4 unspecified atom stereocenters. The van der Waals surface area contributed by atoms with Crippen molar-refractivity contribution in [2.45, 2.75) is 51.2 Å². The number of nitrogens with one attached hydrogen (secondary N) is 3. The molecule has 4 atom stereocenters. The number of nitrogens with zero attached hydrogens (tertiary/aromatic N) is 1. The van der Waals surface area contributed by atoms with Gasteiger partial charge < -0.3 is 38.3 Å². The first-order chi connectivity index (χ1) is 14.0. The van der Waals surface area contributed by atoms with Crippen LogP contribution in [0.3, 0.4) is 0 Å². The summed E-state index contributed by atoms with van der Waals surface area (Å²) in [4.78, 5) is 51.4. The maximum Gasteiger partial charge on any atom is 0.326 e. The standard InChI is InChI=1S/C17H33N7O5S/c1-3-9(2)13(18)15(27)22-7-12(25)23-11(8-30)14(26)24-10(16(28)29)5-4-6-21-17(19)20/h9-11,13,30H,3-8,18H2,1-2H3,(H,22,27)(H,23,25)(H,24,26)(H,28,29)(H4,19,20,21). The molecule has 0 aliphatic heterocycles. The fourth-order valence-corrected chi connectivity index (χ4v) is 2.53. The Morgan fingerprint density at radius 1 is 1.10 bits per heavy atom. The summed E-state index contributed by atoms with van der Waals surface area (Å²) in [6, 6.07) is -3.01. The number of hydrogen-bond donors (Lipinski definition) is 8. The minimum Gasteiger partial charge on any atom is -0.480 e. The van der Waals surface area contributed by atoms with Crippen LogP contribution in [-0.4, -0.2) is 71.7 Å². The number of thiol groups is 1. The second kappa shape index (κ2) is 14.4. The number of carbonyl (C=O) groups is 4. The number of nitrogens with two attached hydrogens (primary N) is 3. The summed E-state index contributed by atoms with van der Waals surface area (Å²) in [5, 5.41) is 16.4. The van der Waals surface area contributed by atoms with Crippen LogP contribution in [0, 0.1) is 5.92 Å². The average molecular weight is 448 g/mol. The lowest BCUT2D eigenvalue weighted by Gasteiger charge is -2.21. The highest BCUT2D eigenvalue weighted by Crippen LogP contribution is 2.05. The first-order valence-corrected chi connectivity index (χ1v) is 10.2. The third-order valence-electron chi connectivity index (χ3n) is 4.38. The van der Waals surface area contributed by atoms with Crippen molar-refractivity contribution in [2.75, 3.05) is 18.8 Å². The molecule has 0 aliphatic rings. The van der Waals surface area contributed by atoms with E-state index in [9.17, 15) is 24.3 Å². The molecule has 0 radical (unpaired) electrons. The molecule has 0 saturated carbocycles. The van der Waals surface area contributed by atoms with Gasteiger partial charge in [0.15, 0.2) is 5.96 Å². The third kappa shape index (κ3) is 10.9. The largest absolute Gasteiger partial charge is 0.480 e. The van der Waals surface area contributed by atoms with Crippen LogP contribution >= 0.6 is 12.6 Å². The number of amides is 3. The van der Waals surface area contributed by atoms with E-state index in [2.05, 4.69) is 33.6 Å². The van der Waals surface area contributed by atoms with Crippen LogP contribution in [0.5, 0.6) is 0 Å². The maximum absolute atomic E-state index is 12.3. The van der Waals surface area contributed by atoms with Crippen LogP contribution in [0.1, 0.15) is 33.1 Å². The number of hydrogen-bond acceptors (Lipinski definition) is 7. The van der Waals surface area contributed by atoms with Crippen molar-refractivity contribution in [3.05, 3.63) is 0 Å². The van der Waals surface area contributed by atoms with E-state index < -0.39 is 41.8 Å². The molecule has 0 aromatic rings. The van der Waals surface area contributed by atoms with Crippen LogP contribution in [0.4, 0.5) is 0 Å². The Morgan fingerprint density at radius 2 is 1.73 bits per heavy atom. The fourth-order valence-electron chi connectivity index (χ4n) is 2.27. The molecule has 0 heterocycles. The predicted octanol–water partition coefficient (Wildman–Crippen LogP) is -2.49. The van der Waals surface area contributed by atoms with Crippen LogP contribution < -0.4 is 33.2 Å². The number of carboxylic acids is 1. The molecule has 0 aromatic carbocycles. The maximum atomic E-state index is 12.3. The molecule has 172 valence electrons. The van der Waals surface area contributed by atoms with Crippen LogP contribution in [0.2, 0.25) is 0 Å². The second-order valence-electron chi connectivity index (χ2n) is 6.78. The van der Waals surface area contributed by atoms with Crippen molar-refractivity contribution < 1.29 is 24.3 Å². The van der Waals surface area contributed by atoms with Gasteiger partial charge >= 0.3 is 5.97 Å². The molecule has 0 fully saturated rings. The van der Waals surface area contributed by atoms with Gasteiger partial charge in [-0.25, -0.2) is 4.79 Å². The minimum atomic E-state index is -1.23. The molecule has 0 bridgehead atoms. The van der Waals surface area contributed by atoms with Gasteiger partial charge in [-0.3, -0.25) is 19.4 Å². The average Bonchev–Trinajstić information content (AvgIpc) is 2.70. The Labute approximate surface area is 181 Å². The van der Waals surface area contributed by atoms with E-state index in [4.69, 9.17) is 17.2 Å². The highest BCUT2D eigenvalue weighted by Gasteiger charge is 2.26. The Morgan fingerprint density at radius 3 is 2.23 bits per heavy atom. The quantitative estimate of drug-likeness (QED) is 0.0615. The van der Waals surface area contributed by atoms with Crippen molar-refractivity contribution in [3.8, 4) is 0 Å². The summed E-state index contributed by atoms with van der Waals surface area (Å²) < 4.78 is 0. The topological polar surface area (TPSA) is 215 Å². The zero-order chi connectivity index (χ0) is 23.3. The van der Waals surface area contributed by atoms with E-state index in [1.165, 1.54) is 0 Å². The van der Waals surface area contributed by atoms with Crippen LogP contribution in [-0.2, 0) is 19.2 Å². The fraction of sp³-hybridized carbons (Fsp3) is 0.706. The van der Waals surface area contributed by atoms with Gasteiger partial charge in [0, 0.05) is 12.3 Å². The van der Waals surface area contributed by atoms with E-state index in [-0.39, 0.29) is 37.1 Å². The Bertz CT molecular complexity index is 628. The molecular formula is C17H33N7O5S. The molecule has 0 aromatic heterocycles. The van der Waals surface area contributed by atoms with Crippen molar-refractivity contribution in [3.63, 3.8) is 0 Å². The molecule has 10 N–H and O–H groups in total. The second-order valence-corrected chi connectivity index (χ2v) is 7.15. The lowest BCUT2D eigenvalue weighted by atomic mass is 9.99. The Hall–Kier alpha value is -2.54. The SMILES string of the molecule is CCC(C)C(N)C(=O)NCC(=O)NC(CS)C(=O)NC(CCCN=C(N)N)C(=O)O. The van der Waals surface area contributed by atoms with Crippen molar-refractivity contribution in [1.82, 2.24) is 16.0 Å². The van der Waals surface area contributed by atoms with E-state index in [0.717, 1.165) is 0 Å². The monoisotopic (exact) mass is 447 g/mol. The van der Waals surface area contributed by atoms with Gasteiger partial charge in [-0.2, -0.15) is 12.6 Å². The van der Waals surface area contributed by atoms with Gasteiger partial charge in [-0.05, 0) is 18.8 Å². The molecule has 0 rings (SSSR count).